The summed E-state index contributed by atoms with van der Waals surface area (Å²) in [6.45, 7) is 0.115. The maximum atomic E-state index is 9.81. The molecule has 0 atom stereocenters. The summed E-state index contributed by atoms with van der Waals surface area (Å²) in [5.41, 5.74) is 0. The number of rotatable bonds is 4. The molecule has 0 aliphatic rings. The van der Waals surface area contributed by atoms with E-state index < -0.39 is 5.97 Å². The summed E-state index contributed by atoms with van der Waals surface area (Å²) < 4.78 is 0. The van der Waals surface area contributed by atoms with Gasteiger partial charge in [0.1, 0.15) is 0 Å². The van der Waals surface area contributed by atoms with Crippen molar-refractivity contribution in [3.8, 4) is 0 Å². The zero-order valence-electron chi connectivity index (χ0n) is 5.08. The second-order valence-electron chi connectivity index (χ2n) is 1.61. The largest absolute Gasteiger partial charge is 0.478 e. The van der Waals surface area contributed by atoms with Gasteiger partial charge in [0.05, 0.1) is 0 Å². The first-order valence-corrected chi connectivity index (χ1v) is 2.77. The molecule has 0 bridgehead atoms. The second-order valence-corrected chi connectivity index (χ2v) is 1.61. The lowest BCUT2D eigenvalue weighted by molar-refractivity contribution is -0.131. The summed E-state index contributed by atoms with van der Waals surface area (Å²) in [5, 5.41) is 16.3. The number of carboxylic acids is 1. The molecule has 3 heteroatoms. The molecule has 0 saturated heterocycles. The third kappa shape index (κ3) is 7.17. The summed E-state index contributed by atoms with van der Waals surface area (Å²) in [5.74, 6) is -0.937. The van der Waals surface area contributed by atoms with E-state index in [1.165, 1.54) is 6.08 Å². The van der Waals surface area contributed by atoms with Crippen LogP contribution in [0.15, 0.2) is 12.2 Å². The zero-order valence-corrected chi connectivity index (χ0v) is 5.08. The van der Waals surface area contributed by atoms with E-state index >= 15 is 0 Å². The van der Waals surface area contributed by atoms with Gasteiger partial charge in [-0.25, -0.2) is 4.79 Å². The highest BCUT2D eigenvalue weighted by Gasteiger charge is 1.83. The first-order valence-electron chi connectivity index (χ1n) is 2.77. The van der Waals surface area contributed by atoms with E-state index in [0.717, 1.165) is 6.08 Å². The van der Waals surface area contributed by atoms with E-state index in [9.17, 15) is 4.79 Å². The SMILES string of the molecule is O=C(O)C=CCCCO. The molecule has 0 fully saturated rings. The standard InChI is InChI=1S/C6H10O3/c7-5-3-1-2-4-6(8)9/h2,4,7H,1,3,5H2,(H,8,9). The minimum Gasteiger partial charge on any atom is -0.478 e. The molecule has 9 heavy (non-hydrogen) atoms. The van der Waals surface area contributed by atoms with Crippen LogP contribution in [0, 0.1) is 0 Å². The Hall–Kier alpha value is -0.830. The summed E-state index contributed by atoms with van der Waals surface area (Å²) in [7, 11) is 0. The van der Waals surface area contributed by atoms with Crippen molar-refractivity contribution >= 4 is 5.97 Å². The van der Waals surface area contributed by atoms with Gasteiger partial charge >= 0.3 is 5.97 Å². The van der Waals surface area contributed by atoms with E-state index in [2.05, 4.69) is 0 Å². The Morgan fingerprint density at radius 2 is 2.22 bits per heavy atom. The lowest BCUT2D eigenvalue weighted by Crippen LogP contribution is -1.86. The molecular weight excluding hydrogens is 120 g/mol. The van der Waals surface area contributed by atoms with E-state index in [0.29, 0.717) is 12.8 Å². The van der Waals surface area contributed by atoms with Gasteiger partial charge in [0.15, 0.2) is 0 Å². The van der Waals surface area contributed by atoms with Crippen LogP contribution in [0.5, 0.6) is 0 Å². The molecule has 0 aromatic heterocycles. The Bertz CT molecular complexity index is 107. The van der Waals surface area contributed by atoms with Crippen LogP contribution in [0.1, 0.15) is 12.8 Å². The van der Waals surface area contributed by atoms with Gasteiger partial charge in [0, 0.05) is 12.7 Å². The lowest BCUT2D eigenvalue weighted by atomic mass is 10.3. The van der Waals surface area contributed by atoms with Gasteiger partial charge in [-0.05, 0) is 12.8 Å². The number of aliphatic hydroxyl groups excluding tert-OH is 1. The van der Waals surface area contributed by atoms with E-state index in [1.807, 2.05) is 0 Å². The van der Waals surface area contributed by atoms with Crippen molar-refractivity contribution in [2.45, 2.75) is 12.8 Å². The average Bonchev–Trinajstić information content (AvgIpc) is 1.80. The molecule has 0 heterocycles. The monoisotopic (exact) mass is 130 g/mol. The van der Waals surface area contributed by atoms with Gasteiger partial charge in [0.25, 0.3) is 0 Å². The van der Waals surface area contributed by atoms with Gasteiger partial charge in [-0.3, -0.25) is 0 Å². The van der Waals surface area contributed by atoms with E-state index in [4.69, 9.17) is 10.2 Å². The highest BCUT2D eigenvalue weighted by atomic mass is 16.4. The molecule has 0 spiro atoms. The number of unbranched alkanes of at least 4 members (excludes halogenated alkanes) is 1. The van der Waals surface area contributed by atoms with Gasteiger partial charge in [0.2, 0.25) is 0 Å². The van der Waals surface area contributed by atoms with Crippen LogP contribution in [0.3, 0.4) is 0 Å². The van der Waals surface area contributed by atoms with Crippen molar-refractivity contribution in [2.75, 3.05) is 6.61 Å². The maximum Gasteiger partial charge on any atom is 0.327 e. The Morgan fingerprint density at radius 3 is 2.67 bits per heavy atom. The van der Waals surface area contributed by atoms with Crippen molar-refractivity contribution < 1.29 is 15.0 Å². The van der Waals surface area contributed by atoms with Crippen LogP contribution in [-0.2, 0) is 4.79 Å². The van der Waals surface area contributed by atoms with Crippen LogP contribution in [0.2, 0.25) is 0 Å². The van der Waals surface area contributed by atoms with Gasteiger partial charge in [-0.1, -0.05) is 6.08 Å². The van der Waals surface area contributed by atoms with Crippen LogP contribution in [-0.4, -0.2) is 22.8 Å². The van der Waals surface area contributed by atoms with Crippen LogP contribution >= 0.6 is 0 Å². The summed E-state index contributed by atoms with van der Waals surface area (Å²) in [4.78, 5) is 9.81. The first-order chi connectivity index (χ1) is 4.27. The fourth-order valence-corrected chi connectivity index (χ4v) is 0.393. The number of aliphatic carboxylic acids is 1. The van der Waals surface area contributed by atoms with Crippen molar-refractivity contribution in [1.82, 2.24) is 0 Å². The first kappa shape index (κ1) is 8.17. The van der Waals surface area contributed by atoms with Crippen molar-refractivity contribution in [2.24, 2.45) is 0 Å². The van der Waals surface area contributed by atoms with Crippen LogP contribution in [0.25, 0.3) is 0 Å². The summed E-state index contributed by atoms with van der Waals surface area (Å²) in [6.07, 6.45) is 3.86. The van der Waals surface area contributed by atoms with E-state index in [-0.39, 0.29) is 6.61 Å². The maximum absolute atomic E-state index is 9.81. The number of carbonyl (C=O) groups is 1. The van der Waals surface area contributed by atoms with Gasteiger partial charge < -0.3 is 10.2 Å². The Balaban J connectivity index is 3.15. The fraction of sp³-hybridized carbons (Fsp3) is 0.500. The lowest BCUT2D eigenvalue weighted by Gasteiger charge is -1.84. The van der Waals surface area contributed by atoms with Crippen LogP contribution < -0.4 is 0 Å². The van der Waals surface area contributed by atoms with Crippen molar-refractivity contribution in [3.05, 3.63) is 12.2 Å². The molecule has 0 aliphatic heterocycles. The number of hydrogen-bond acceptors (Lipinski definition) is 2. The van der Waals surface area contributed by atoms with E-state index in [1.54, 1.807) is 0 Å². The smallest absolute Gasteiger partial charge is 0.327 e. The molecule has 0 rings (SSSR count). The van der Waals surface area contributed by atoms with Crippen molar-refractivity contribution in [3.63, 3.8) is 0 Å². The molecule has 2 N–H and O–H groups in total. The second kappa shape index (κ2) is 5.31. The van der Waals surface area contributed by atoms with Crippen molar-refractivity contribution in [1.29, 1.82) is 0 Å². The summed E-state index contributed by atoms with van der Waals surface area (Å²) in [6, 6.07) is 0. The van der Waals surface area contributed by atoms with Gasteiger partial charge in [-0.2, -0.15) is 0 Å². The molecule has 0 amide bonds. The molecular formula is C6H10O3. The third-order valence-electron chi connectivity index (χ3n) is 0.789. The molecule has 0 radical (unpaired) electrons. The molecule has 0 unspecified atom stereocenters. The highest BCUT2D eigenvalue weighted by Crippen LogP contribution is 1.87. The molecule has 0 saturated carbocycles. The number of carboxylic acid groups (broad SMARTS) is 1. The Kier molecular flexibility index (Phi) is 4.82. The summed E-state index contributed by atoms with van der Waals surface area (Å²) >= 11 is 0. The average molecular weight is 130 g/mol. The quantitative estimate of drug-likeness (QED) is 0.427. The minimum atomic E-state index is -0.937. The Labute approximate surface area is 53.6 Å². The Morgan fingerprint density at radius 1 is 1.56 bits per heavy atom. The number of aliphatic hydroxyl groups is 1. The molecule has 3 nitrogen and oxygen atoms in total. The predicted octanol–water partition coefficient (Wildman–Crippen LogP) is 0.400. The number of hydrogen-bond donors (Lipinski definition) is 2. The van der Waals surface area contributed by atoms with Gasteiger partial charge in [-0.15, -0.1) is 0 Å². The fourth-order valence-electron chi connectivity index (χ4n) is 0.393. The topological polar surface area (TPSA) is 57.5 Å². The normalized spacial score (nSPS) is 10.3. The predicted molar refractivity (Wildman–Crippen MR) is 33.1 cm³/mol. The molecule has 0 aromatic carbocycles. The molecule has 0 aliphatic carbocycles. The highest BCUT2D eigenvalue weighted by molar-refractivity contribution is 5.79. The number of allylic oxidation sites excluding steroid dienone is 1. The molecule has 0 aromatic rings. The molecule has 52 valence electrons. The zero-order chi connectivity index (χ0) is 7.11. The minimum absolute atomic E-state index is 0.115. The third-order valence-corrected chi connectivity index (χ3v) is 0.789. The van der Waals surface area contributed by atoms with Crippen LogP contribution in [0.4, 0.5) is 0 Å².